The number of halogens is 1. The van der Waals surface area contributed by atoms with Crippen LogP contribution in [0.25, 0.3) is 0 Å². The third-order valence-corrected chi connectivity index (χ3v) is 3.25. The zero-order chi connectivity index (χ0) is 11.6. The van der Waals surface area contributed by atoms with Crippen molar-refractivity contribution in [3.05, 3.63) is 24.3 Å². The van der Waals surface area contributed by atoms with Crippen molar-refractivity contribution in [2.75, 3.05) is 24.5 Å². The summed E-state index contributed by atoms with van der Waals surface area (Å²) < 4.78 is 13.9. The minimum absolute atomic E-state index is 0.0849. The largest absolute Gasteiger partial charge is 0.506 e. The Morgan fingerprint density at radius 1 is 1.31 bits per heavy atom. The Hall–Kier alpha value is -1.29. The second kappa shape index (κ2) is 4.29. The van der Waals surface area contributed by atoms with E-state index in [9.17, 15) is 9.50 Å². The maximum atomic E-state index is 13.9. The summed E-state index contributed by atoms with van der Waals surface area (Å²) in [6.07, 6.45) is 0.857. The number of nitrogens with zero attached hydrogens (tertiary/aromatic N) is 1. The van der Waals surface area contributed by atoms with Crippen LogP contribution in [0.5, 0.6) is 5.75 Å². The van der Waals surface area contributed by atoms with E-state index in [2.05, 4.69) is 0 Å². The lowest BCUT2D eigenvalue weighted by atomic mass is 9.93. The predicted octanol–water partition coefficient (Wildman–Crippen LogP) is 1.66. The molecule has 16 heavy (non-hydrogen) atoms. The number of hydrogen-bond acceptors (Lipinski definition) is 3. The molecule has 0 aliphatic carbocycles. The van der Waals surface area contributed by atoms with Gasteiger partial charge in [-0.15, -0.1) is 0 Å². The fourth-order valence-electron chi connectivity index (χ4n) is 2.08. The summed E-state index contributed by atoms with van der Waals surface area (Å²) in [6.45, 7) is 1.29. The second-order valence-electron chi connectivity index (χ2n) is 4.33. The van der Waals surface area contributed by atoms with Crippen molar-refractivity contribution in [3.63, 3.8) is 0 Å². The summed E-state index contributed by atoms with van der Waals surface area (Å²) in [5, 5.41) is 9.69. The SMILES string of the molecule is NCC1(F)CCN(c2ccccc2O)CC1. The first kappa shape index (κ1) is 11.2. The van der Waals surface area contributed by atoms with Crippen LogP contribution in [-0.2, 0) is 0 Å². The summed E-state index contributed by atoms with van der Waals surface area (Å²) in [5.41, 5.74) is 4.97. The van der Waals surface area contributed by atoms with Gasteiger partial charge in [-0.3, -0.25) is 0 Å². The third kappa shape index (κ3) is 2.11. The molecule has 0 atom stereocenters. The van der Waals surface area contributed by atoms with E-state index in [1.807, 2.05) is 17.0 Å². The van der Waals surface area contributed by atoms with Crippen LogP contribution in [0.1, 0.15) is 12.8 Å². The average Bonchev–Trinajstić information content (AvgIpc) is 2.31. The number of phenols is 1. The van der Waals surface area contributed by atoms with Crippen molar-refractivity contribution < 1.29 is 9.50 Å². The number of phenolic OH excluding ortho intramolecular Hbond substituents is 1. The Balaban J connectivity index is 2.07. The fraction of sp³-hybridized carbons (Fsp3) is 0.500. The number of alkyl halides is 1. The summed E-state index contributed by atoms with van der Waals surface area (Å²) in [6, 6.07) is 7.15. The highest BCUT2D eigenvalue weighted by Gasteiger charge is 2.33. The predicted molar refractivity (Wildman–Crippen MR) is 62.4 cm³/mol. The number of rotatable bonds is 2. The van der Waals surface area contributed by atoms with Crippen LogP contribution in [0.15, 0.2) is 24.3 Å². The normalized spacial score (nSPS) is 19.8. The Kier molecular flexibility index (Phi) is 3.01. The lowest BCUT2D eigenvalue weighted by Gasteiger charge is -2.37. The quantitative estimate of drug-likeness (QED) is 0.803. The standard InChI is InChI=1S/C12H17FN2O/c13-12(9-14)5-7-15(8-6-12)10-3-1-2-4-11(10)16/h1-4,16H,5-9,14H2. The highest BCUT2D eigenvalue weighted by Crippen LogP contribution is 2.32. The van der Waals surface area contributed by atoms with E-state index in [1.54, 1.807) is 12.1 Å². The van der Waals surface area contributed by atoms with Crippen LogP contribution >= 0.6 is 0 Å². The first-order valence-corrected chi connectivity index (χ1v) is 5.56. The molecular formula is C12H17FN2O. The molecule has 0 aromatic heterocycles. The number of piperidine rings is 1. The average molecular weight is 224 g/mol. The molecule has 88 valence electrons. The maximum absolute atomic E-state index is 13.9. The van der Waals surface area contributed by atoms with E-state index >= 15 is 0 Å². The summed E-state index contributed by atoms with van der Waals surface area (Å²) >= 11 is 0. The molecule has 0 bridgehead atoms. The molecule has 1 fully saturated rings. The summed E-state index contributed by atoms with van der Waals surface area (Å²) in [7, 11) is 0. The van der Waals surface area contributed by atoms with Crippen molar-refractivity contribution in [2.45, 2.75) is 18.5 Å². The number of hydrogen-bond donors (Lipinski definition) is 2. The smallest absolute Gasteiger partial charge is 0.138 e. The molecule has 2 rings (SSSR count). The van der Waals surface area contributed by atoms with Gasteiger partial charge in [0.25, 0.3) is 0 Å². The van der Waals surface area contributed by atoms with Crippen LogP contribution in [0.2, 0.25) is 0 Å². The molecular weight excluding hydrogens is 207 g/mol. The lowest BCUT2D eigenvalue weighted by Crippen LogP contribution is -2.45. The maximum Gasteiger partial charge on any atom is 0.138 e. The van der Waals surface area contributed by atoms with Crippen LogP contribution in [0.4, 0.5) is 10.1 Å². The van der Waals surface area contributed by atoms with Gasteiger partial charge < -0.3 is 15.7 Å². The van der Waals surface area contributed by atoms with Gasteiger partial charge in [-0.2, -0.15) is 0 Å². The van der Waals surface area contributed by atoms with Crippen LogP contribution in [0, 0.1) is 0 Å². The van der Waals surface area contributed by atoms with E-state index in [-0.39, 0.29) is 12.3 Å². The molecule has 0 radical (unpaired) electrons. The lowest BCUT2D eigenvalue weighted by molar-refractivity contribution is 0.135. The van der Waals surface area contributed by atoms with E-state index < -0.39 is 5.67 Å². The third-order valence-electron chi connectivity index (χ3n) is 3.25. The van der Waals surface area contributed by atoms with Gasteiger partial charge in [0.2, 0.25) is 0 Å². The number of para-hydroxylation sites is 2. The Labute approximate surface area is 94.7 Å². The zero-order valence-corrected chi connectivity index (χ0v) is 9.19. The highest BCUT2D eigenvalue weighted by atomic mass is 19.1. The van der Waals surface area contributed by atoms with Gasteiger partial charge in [0.05, 0.1) is 5.69 Å². The molecule has 1 aliphatic heterocycles. The van der Waals surface area contributed by atoms with E-state index in [0.29, 0.717) is 25.9 Å². The minimum atomic E-state index is -1.22. The zero-order valence-electron chi connectivity index (χ0n) is 9.19. The second-order valence-corrected chi connectivity index (χ2v) is 4.33. The van der Waals surface area contributed by atoms with Crippen molar-refractivity contribution >= 4 is 5.69 Å². The molecule has 1 aromatic rings. The molecule has 4 heteroatoms. The van der Waals surface area contributed by atoms with Gasteiger partial charge in [0.1, 0.15) is 11.4 Å². The molecule has 0 unspecified atom stereocenters. The molecule has 1 aromatic carbocycles. The fourth-order valence-corrected chi connectivity index (χ4v) is 2.08. The topological polar surface area (TPSA) is 49.5 Å². The van der Waals surface area contributed by atoms with Gasteiger partial charge in [-0.25, -0.2) is 4.39 Å². The minimum Gasteiger partial charge on any atom is -0.506 e. The monoisotopic (exact) mass is 224 g/mol. The first-order valence-electron chi connectivity index (χ1n) is 5.56. The van der Waals surface area contributed by atoms with Gasteiger partial charge >= 0.3 is 0 Å². The number of anilines is 1. The molecule has 0 spiro atoms. The van der Waals surface area contributed by atoms with Crippen molar-refractivity contribution in [1.82, 2.24) is 0 Å². The van der Waals surface area contributed by atoms with Gasteiger partial charge in [-0.1, -0.05) is 12.1 Å². The molecule has 1 saturated heterocycles. The number of benzene rings is 1. The van der Waals surface area contributed by atoms with Crippen LogP contribution in [-0.4, -0.2) is 30.4 Å². The molecule has 1 heterocycles. The van der Waals surface area contributed by atoms with Crippen LogP contribution < -0.4 is 10.6 Å². The molecule has 0 saturated carbocycles. The molecule has 0 amide bonds. The van der Waals surface area contributed by atoms with Crippen molar-refractivity contribution in [3.8, 4) is 5.75 Å². The van der Waals surface area contributed by atoms with E-state index in [1.165, 1.54) is 0 Å². The summed E-state index contributed by atoms with van der Waals surface area (Å²) in [4.78, 5) is 2.00. The van der Waals surface area contributed by atoms with Crippen molar-refractivity contribution in [1.29, 1.82) is 0 Å². The van der Waals surface area contributed by atoms with Crippen LogP contribution in [0.3, 0.4) is 0 Å². The van der Waals surface area contributed by atoms with Crippen molar-refractivity contribution in [2.24, 2.45) is 5.73 Å². The molecule has 3 N–H and O–H groups in total. The Morgan fingerprint density at radius 2 is 1.94 bits per heavy atom. The number of aromatic hydroxyl groups is 1. The Morgan fingerprint density at radius 3 is 2.50 bits per heavy atom. The molecule has 3 nitrogen and oxygen atoms in total. The van der Waals surface area contributed by atoms with Gasteiger partial charge in [-0.05, 0) is 12.1 Å². The van der Waals surface area contributed by atoms with Gasteiger partial charge in [0, 0.05) is 32.5 Å². The van der Waals surface area contributed by atoms with E-state index in [0.717, 1.165) is 5.69 Å². The summed E-state index contributed by atoms with van der Waals surface area (Å²) in [5.74, 6) is 0.251. The highest BCUT2D eigenvalue weighted by molar-refractivity contribution is 5.57. The number of nitrogens with two attached hydrogens (primary N) is 1. The first-order chi connectivity index (χ1) is 7.64. The van der Waals surface area contributed by atoms with Gasteiger partial charge in [0.15, 0.2) is 0 Å². The molecule has 1 aliphatic rings. The van der Waals surface area contributed by atoms with E-state index in [4.69, 9.17) is 5.73 Å². The Bertz CT molecular complexity index is 362.